The summed E-state index contributed by atoms with van der Waals surface area (Å²) in [5.41, 5.74) is 5.62. The van der Waals surface area contributed by atoms with Gasteiger partial charge in [-0.25, -0.2) is 0 Å². The lowest BCUT2D eigenvalue weighted by Crippen LogP contribution is -2.00. The molecule has 70 valence electrons. The van der Waals surface area contributed by atoms with Gasteiger partial charge in [0.15, 0.2) is 0 Å². The topological polar surface area (TPSA) is 12.9 Å². The van der Waals surface area contributed by atoms with Crippen LogP contribution in [0.4, 0.5) is 0 Å². The Labute approximate surface area is 80.2 Å². The molecule has 0 bridgehead atoms. The highest BCUT2D eigenvalue weighted by Gasteiger charge is 2.17. The maximum absolute atomic E-state index is 4.60. The molecule has 0 saturated heterocycles. The molecule has 1 nitrogen and oxygen atoms in total. The van der Waals surface area contributed by atoms with E-state index in [4.69, 9.17) is 0 Å². The predicted molar refractivity (Wildman–Crippen MR) is 55.1 cm³/mol. The van der Waals surface area contributed by atoms with Gasteiger partial charge in [0.2, 0.25) is 0 Å². The molecule has 0 N–H and O–H groups in total. The van der Waals surface area contributed by atoms with E-state index in [0.29, 0.717) is 5.92 Å². The van der Waals surface area contributed by atoms with Crippen molar-refractivity contribution in [3.8, 4) is 0 Å². The van der Waals surface area contributed by atoms with E-state index in [2.05, 4.69) is 31.8 Å². The molecule has 0 aliphatic heterocycles. The largest absolute Gasteiger partial charge is 0.258 e. The van der Waals surface area contributed by atoms with E-state index in [1.165, 1.54) is 36.2 Å². The van der Waals surface area contributed by atoms with Gasteiger partial charge in [-0.05, 0) is 49.3 Å². The van der Waals surface area contributed by atoms with E-state index in [9.17, 15) is 0 Å². The van der Waals surface area contributed by atoms with Crippen LogP contribution in [-0.2, 0) is 12.8 Å². The Hall–Kier alpha value is -0.850. The van der Waals surface area contributed by atoms with Crippen molar-refractivity contribution in [1.29, 1.82) is 0 Å². The molecule has 0 radical (unpaired) electrons. The summed E-state index contributed by atoms with van der Waals surface area (Å²) >= 11 is 0. The Balaban J connectivity index is 2.55. The molecular formula is C12H17N. The molecule has 0 atom stereocenters. The lowest BCUT2D eigenvalue weighted by atomic mass is 9.96. The summed E-state index contributed by atoms with van der Waals surface area (Å²) in [7, 11) is 0. The van der Waals surface area contributed by atoms with Gasteiger partial charge in [0.25, 0.3) is 0 Å². The minimum absolute atomic E-state index is 0.647. The van der Waals surface area contributed by atoms with Crippen molar-refractivity contribution < 1.29 is 0 Å². The summed E-state index contributed by atoms with van der Waals surface area (Å²) in [4.78, 5) is 4.60. The van der Waals surface area contributed by atoms with Gasteiger partial charge in [-0.15, -0.1) is 0 Å². The minimum atomic E-state index is 0.647. The van der Waals surface area contributed by atoms with E-state index in [-0.39, 0.29) is 0 Å². The van der Waals surface area contributed by atoms with Crippen molar-refractivity contribution >= 4 is 0 Å². The Morgan fingerprint density at radius 2 is 2.08 bits per heavy atom. The van der Waals surface area contributed by atoms with Crippen LogP contribution in [0.5, 0.6) is 0 Å². The lowest BCUT2D eigenvalue weighted by molar-refractivity contribution is 0.834. The van der Waals surface area contributed by atoms with Crippen molar-refractivity contribution in [2.45, 2.75) is 46.0 Å². The zero-order valence-electron chi connectivity index (χ0n) is 8.72. The molecule has 0 spiro atoms. The van der Waals surface area contributed by atoms with Crippen molar-refractivity contribution in [2.75, 3.05) is 0 Å². The van der Waals surface area contributed by atoms with E-state index in [1.54, 1.807) is 5.56 Å². The summed E-state index contributed by atoms with van der Waals surface area (Å²) in [6.07, 6.45) is 3.73. The average Bonchev–Trinajstić information content (AvgIpc) is 2.49. The van der Waals surface area contributed by atoms with Gasteiger partial charge in [0, 0.05) is 11.4 Å². The van der Waals surface area contributed by atoms with Gasteiger partial charge < -0.3 is 0 Å². The third kappa shape index (κ3) is 1.48. The second kappa shape index (κ2) is 3.13. The molecule has 1 heteroatoms. The SMILES string of the molecule is Cc1cc(C(C)C)c2c(n1)CCC2. The Bertz CT molecular complexity index is 326. The van der Waals surface area contributed by atoms with Gasteiger partial charge in [-0.3, -0.25) is 4.98 Å². The summed E-state index contributed by atoms with van der Waals surface area (Å²) in [5.74, 6) is 0.647. The number of hydrogen-bond acceptors (Lipinski definition) is 1. The predicted octanol–water partition coefficient (Wildman–Crippen LogP) is 3.00. The standard InChI is InChI=1S/C12H17N/c1-8(2)11-7-9(3)13-12-6-4-5-10(11)12/h7-8H,4-6H2,1-3H3. The van der Waals surface area contributed by atoms with E-state index in [1.807, 2.05) is 0 Å². The highest BCUT2D eigenvalue weighted by Crippen LogP contribution is 2.29. The fraction of sp³-hybridized carbons (Fsp3) is 0.583. The van der Waals surface area contributed by atoms with Crippen molar-refractivity contribution in [1.82, 2.24) is 4.98 Å². The summed E-state index contributed by atoms with van der Waals surface area (Å²) in [5, 5.41) is 0. The molecule has 0 amide bonds. The first-order valence-electron chi connectivity index (χ1n) is 5.18. The van der Waals surface area contributed by atoms with Gasteiger partial charge in [-0.2, -0.15) is 0 Å². The molecule has 0 unspecified atom stereocenters. The highest BCUT2D eigenvalue weighted by atomic mass is 14.7. The number of rotatable bonds is 1. The van der Waals surface area contributed by atoms with Gasteiger partial charge in [0.05, 0.1) is 0 Å². The van der Waals surface area contributed by atoms with E-state index in [0.717, 1.165) is 0 Å². The molecule has 0 aromatic carbocycles. The fourth-order valence-corrected chi connectivity index (χ4v) is 2.23. The smallest absolute Gasteiger partial charge is 0.0441 e. The third-order valence-corrected chi connectivity index (χ3v) is 2.83. The lowest BCUT2D eigenvalue weighted by Gasteiger charge is -2.12. The molecule has 1 aromatic rings. The van der Waals surface area contributed by atoms with Crippen LogP contribution in [0.3, 0.4) is 0 Å². The van der Waals surface area contributed by atoms with E-state index < -0.39 is 0 Å². The summed E-state index contributed by atoms with van der Waals surface area (Å²) in [6.45, 7) is 6.64. The quantitative estimate of drug-likeness (QED) is 0.639. The fourth-order valence-electron chi connectivity index (χ4n) is 2.23. The number of pyridine rings is 1. The Morgan fingerprint density at radius 1 is 1.31 bits per heavy atom. The molecule has 0 fully saturated rings. The highest BCUT2D eigenvalue weighted by molar-refractivity contribution is 5.37. The van der Waals surface area contributed by atoms with Crippen molar-refractivity contribution in [3.63, 3.8) is 0 Å². The zero-order valence-corrected chi connectivity index (χ0v) is 8.72. The molecule has 1 heterocycles. The maximum atomic E-state index is 4.60. The number of aryl methyl sites for hydroxylation is 2. The first kappa shape index (κ1) is 8.74. The number of hydrogen-bond donors (Lipinski definition) is 0. The normalized spacial score (nSPS) is 15.1. The van der Waals surface area contributed by atoms with Crippen LogP contribution in [0.15, 0.2) is 6.07 Å². The first-order valence-corrected chi connectivity index (χ1v) is 5.18. The molecule has 1 aliphatic carbocycles. The maximum Gasteiger partial charge on any atom is 0.0441 e. The van der Waals surface area contributed by atoms with Crippen LogP contribution in [0, 0.1) is 6.92 Å². The number of aromatic nitrogens is 1. The van der Waals surface area contributed by atoms with Crippen molar-refractivity contribution in [2.24, 2.45) is 0 Å². The van der Waals surface area contributed by atoms with Crippen LogP contribution < -0.4 is 0 Å². The van der Waals surface area contributed by atoms with Crippen LogP contribution in [-0.4, -0.2) is 4.98 Å². The van der Waals surface area contributed by atoms with Crippen LogP contribution >= 0.6 is 0 Å². The molecule has 1 aliphatic rings. The van der Waals surface area contributed by atoms with Gasteiger partial charge in [-0.1, -0.05) is 13.8 Å². The van der Waals surface area contributed by atoms with E-state index >= 15 is 0 Å². The van der Waals surface area contributed by atoms with Gasteiger partial charge >= 0.3 is 0 Å². The van der Waals surface area contributed by atoms with Crippen LogP contribution in [0.25, 0.3) is 0 Å². The second-order valence-electron chi connectivity index (χ2n) is 4.29. The Kier molecular flexibility index (Phi) is 2.10. The number of nitrogens with zero attached hydrogens (tertiary/aromatic N) is 1. The second-order valence-corrected chi connectivity index (χ2v) is 4.29. The summed E-state index contributed by atoms with van der Waals surface area (Å²) < 4.78 is 0. The minimum Gasteiger partial charge on any atom is -0.258 e. The molecule has 13 heavy (non-hydrogen) atoms. The zero-order chi connectivity index (χ0) is 9.42. The summed E-state index contributed by atoms with van der Waals surface area (Å²) in [6, 6.07) is 2.26. The van der Waals surface area contributed by atoms with Crippen LogP contribution in [0.1, 0.15) is 48.7 Å². The van der Waals surface area contributed by atoms with Gasteiger partial charge in [0.1, 0.15) is 0 Å². The molecule has 1 aromatic heterocycles. The third-order valence-electron chi connectivity index (χ3n) is 2.83. The first-order chi connectivity index (χ1) is 6.18. The molecule has 0 saturated carbocycles. The monoisotopic (exact) mass is 175 g/mol. The molecular weight excluding hydrogens is 158 g/mol. The number of fused-ring (bicyclic) bond motifs is 1. The van der Waals surface area contributed by atoms with Crippen LogP contribution in [0.2, 0.25) is 0 Å². The molecule has 2 rings (SSSR count). The average molecular weight is 175 g/mol. The Morgan fingerprint density at radius 3 is 2.77 bits per heavy atom. The van der Waals surface area contributed by atoms with Crippen molar-refractivity contribution in [3.05, 3.63) is 28.6 Å².